The monoisotopic (exact) mass is 459 g/mol. The maximum absolute atomic E-state index is 13.1. The molecule has 0 aromatic heterocycles. The fraction of sp³-hybridized carbons (Fsp3) is 0.435. The number of amides is 1. The zero-order valence-corrected chi connectivity index (χ0v) is 19.2. The number of hydrogen-bond donors (Lipinski definition) is 1. The average Bonchev–Trinajstić information content (AvgIpc) is 2.82. The molecule has 1 fully saturated rings. The van der Waals surface area contributed by atoms with Crippen LogP contribution in [0, 0.1) is 5.92 Å². The van der Waals surface area contributed by atoms with Crippen LogP contribution in [0.2, 0.25) is 0 Å². The summed E-state index contributed by atoms with van der Waals surface area (Å²) >= 11 is 0. The SMILES string of the molecule is CN(C)c1ccc(CNC(=O)C2CCN(S(=O)(=O)c3ccc4c(c3)OCCO4)CC2)cc1. The average molecular weight is 460 g/mol. The van der Waals surface area contributed by atoms with Crippen LogP contribution >= 0.6 is 0 Å². The summed E-state index contributed by atoms with van der Waals surface area (Å²) in [4.78, 5) is 14.8. The normalized spacial score (nSPS) is 17.1. The molecule has 2 aliphatic rings. The summed E-state index contributed by atoms with van der Waals surface area (Å²) in [6.45, 7) is 1.94. The lowest BCUT2D eigenvalue weighted by Gasteiger charge is -2.31. The zero-order valence-electron chi connectivity index (χ0n) is 18.4. The number of carbonyl (C=O) groups is 1. The quantitative estimate of drug-likeness (QED) is 0.713. The lowest BCUT2D eigenvalue weighted by atomic mass is 9.97. The van der Waals surface area contributed by atoms with Crippen LogP contribution in [0.25, 0.3) is 0 Å². The minimum absolute atomic E-state index is 0.0296. The predicted octanol–water partition coefficient (Wildman–Crippen LogP) is 2.24. The van der Waals surface area contributed by atoms with Gasteiger partial charge in [-0.1, -0.05) is 12.1 Å². The number of rotatable bonds is 6. The number of anilines is 1. The minimum atomic E-state index is -3.65. The second-order valence-electron chi connectivity index (χ2n) is 8.26. The zero-order chi connectivity index (χ0) is 22.7. The Kier molecular flexibility index (Phi) is 6.57. The first kappa shape index (κ1) is 22.4. The van der Waals surface area contributed by atoms with Crippen molar-refractivity contribution in [3.05, 3.63) is 48.0 Å². The van der Waals surface area contributed by atoms with E-state index in [4.69, 9.17) is 9.47 Å². The van der Waals surface area contributed by atoms with Gasteiger partial charge in [-0.15, -0.1) is 0 Å². The Morgan fingerprint density at radius 2 is 1.69 bits per heavy atom. The van der Waals surface area contributed by atoms with Crippen LogP contribution in [0.15, 0.2) is 47.4 Å². The van der Waals surface area contributed by atoms with E-state index in [0.717, 1.165) is 11.3 Å². The molecule has 0 atom stereocenters. The third-order valence-corrected chi connectivity index (χ3v) is 7.79. The molecular weight excluding hydrogens is 430 g/mol. The predicted molar refractivity (Wildman–Crippen MR) is 122 cm³/mol. The first-order valence-electron chi connectivity index (χ1n) is 10.8. The number of nitrogens with zero attached hydrogens (tertiary/aromatic N) is 2. The van der Waals surface area contributed by atoms with Crippen molar-refractivity contribution in [2.45, 2.75) is 24.3 Å². The summed E-state index contributed by atoms with van der Waals surface area (Å²) in [5.41, 5.74) is 2.13. The molecule has 1 amide bonds. The minimum Gasteiger partial charge on any atom is -0.486 e. The van der Waals surface area contributed by atoms with E-state index in [-0.39, 0.29) is 16.7 Å². The first-order chi connectivity index (χ1) is 15.3. The lowest BCUT2D eigenvalue weighted by Crippen LogP contribution is -2.42. The largest absolute Gasteiger partial charge is 0.486 e. The van der Waals surface area contributed by atoms with E-state index in [9.17, 15) is 13.2 Å². The number of fused-ring (bicyclic) bond motifs is 1. The van der Waals surface area contributed by atoms with Crippen molar-refractivity contribution in [3.63, 3.8) is 0 Å². The van der Waals surface area contributed by atoms with Gasteiger partial charge in [-0.25, -0.2) is 8.42 Å². The number of sulfonamides is 1. The summed E-state index contributed by atoms with van der Waals surface area (Å²) in [6, 6.07) is 12.7. The summed E-state index contributed by atoms with van der Waals surface area (Å²) < 4.78 is 38.6. The third-order valence-electron chi connectivity index (χ3n) is 5.90. The molecule has 9 heteroatoms. The Bertz CT molecular complexity index is 1060. The Morgan fingerprint density at radius 1 is 1.03 bits per heavy atom. The van der Waals surface area contributed by atoms with Gasteiger partial charge in [0, 0.05) is 51.4 Å². The highest BCUT2D eigenvalue weighted by Gasteiger charge is 2.32. The van der Waals surface area contributed by atoms with Crippen LogP contribution in [0.5, 0.6) is 11.5 Å². The van der Waals surface area contributed by atoms with Crippen LogP contribution in [-0.4, -0.2) is 59.0 Å². The maximum atomic E-state index is 13.1. The summed E-state index contributed by atoms with van der Waals surface area (Å²) in [6.07, 6.45) is 0.990. The van der Waals surface area contributed by atoms with Crippen LogP contribution < -0.4 is 19.7 Å². The van der Waals surface area contributed by atoms with E-state index in [1.54, 1.807) is 12.1 Å². The van der Waals surface area contributed by atoms with Gasteiger partial charge in [-0.05, 0) is 42.7 Å². The molecule has 8 nitrogen and oxygen atoms in total. The van der Waals surface area contributed by atoms with Gasteiger partial charge >= 0.3 is 0 Å². The van der Waals surface area contributed by atoms with E-state index in [2.05, 4.69) is 5.32 Å². The Labute approximate surface area is 189 Å². The van der Waals surface area contributed by atoms with E-state index >= 15 is 0 Å². The smallest absolute Gasteiger partial charge is 0.243 e. The molecule has 2 aromatic rings. The molecule has 0 radical (unpaired) electrons. The molecule has 0 bridgehead atoms. The van der Waals surface area contributed by atoms with Crippen LogP contribution in [0.1, 0.15) is 18.4 Å². The molecule has 2 heterocycles. The van der Waals surface area contributed by atoms with Gasteiger partial charge in [0.2, 0.25) is 15.9 Å². The van der Waals surface area contributed by atoms with Crippen LogP contribution in [0.3, 0.4) is 0 Å². The number of ether oxygens (including phenoxy) is 2. The van der Waals surface area contributed by atoms with Crippen molar-refractivity contribution < 1.29 is 22.7 Å². The number of piperidine rings is 1. The van der Waals surface area contributed by atoms with Crippen molar-refractivity contribution in [1.29, 1.82) is 0 Å². The Morgan fingerprint density at radius 3 is 2.34 bits per heavy atom. The topological polar surface area (TPSA) is 88.2 Å². The second-order valence-corrected chi connectivity index (χ2v) is 10.2. The molecule has 0 spiro atoms. The third kappa shape index (κ3) is 4.83. The summed E-state index contributed by atoms with van der Waals surface area (Å²) in [5.74, 6) is 0.785. The van der Waals surface area contributed by atoms with E-state index in [1.807, 2.05) is 43.3 Å². The van der Waals surface area contributed by atoms with Gasteiger partial charge in [0.15, 0.2) is 11.5 Å². The van der Waals surface area contributed by atoms with Gasteiger partial charge in [0.25, 0.3) is 0 Å². The molecule has 1 saturated heterocycles. The highest BCUT2D eigenvalue weighted by molar-refractivity contribution is 7.89. The van der Waals surface area contributed by atoms with Crippen LogP contribution in [0.4, 0.5) is 5.69 Å². The standard InChI is InChI=1S/C23H29N3O5S/c1-25(2)19-5-3-17(4-6-19)16-24-23(27)18-9-11-26(12-10-18)32(28,29)20-7-8-21-22(15-20)31-14-13-30-21/h3-8,15,18H,9-14,16H2,1-2H3,(H,24,27). The number of carbonyl (C=O) groups excluding carboxylic acids is 1. The van der Waals surface area contributed by atoms with Crippen molar-refractivity contribution in [2.75, 3.05) is 45.3 Å². The summed E-state index contributed by atoms with van der Waals surface area (Å²) in [7, 11) is 0.318. The Balaban J connectivity index is 1.31. The van der Waals surface area contributed by atoms with E-state index < -0.39 is 10.0 Å². The fourth-order valence-corrected chi connectivity index (χ4v) is 5.42. The van der Waals surface area contributed by atoms with Crippen molar-refractivity contribution in [1.82, 2.24) is 9.62 Å². The fourth-order valence-electron chi connectivity index (χ4n) is 3.94. The molecule has 2 aromatic carbocycles. The van der Waals surface area contributed by atoms with Crippen molar-refractivity contribution in [3.8, 4) is 11.5 Å². The van der Waals surface area contributed by atoms with Crippen molar-refractivity contribution >= 4 is 21.6 Å². The molecule has 4 rings (SSSR count). The first-order valence-corrected chi connectivity index (χ1v) is 12.2. The van der Waals surface area contributed by atoms with Gasteiger partial charge < -0.3 is 19.7 Å². The Hall–Kier alpha value is -2.78. The lowest BCUT2D eigenvalue weighted by molar-refractivity contribution is -0.126. The number of nitrogens with one attached hydrogen (secondary N) is 1. The molecular formula is C23H29N3O5S. The molecule has 0 unspecified atom stereocenters. The molecule has 2 aliphatic heterocycles. The molecule has 32 heavy (non-hydrogen) atoms. The highest BCUT2D eigenvalue weighted by atomic mass is 32.2. The van der Waals surface area contributed by atoms with Crippen molar-refractivity contribution in [2.24, 2.45) is 5.92 Å². The molecule has 172 valence electrons. The van der Waals surface area contributed by atoms with Gasteiger partial charge in [-0.3, -0.25) is 4.79 Å². The number of hydrogen-bond acceptors (Lipinski definition) is 6. The molecule has 1 N–H and O–H groups in total. The second kappa shape index (κ2) is 9.38. The maximum Gasteiger partial charge on any atom is 0.243 e. The van der Waals surface area contributed by atoms with E-state index in [0.29, 0.717) is 57.2 Å². The summed E-state index contributed by atoms with van der Waals surface area (Å²) in [5, 5.41) is 2.99. The highest BCUT2D eigenvalue weighted by Crippen LogP contribution is 2.34. The van der Waals surface area contributed by atoms with Gasteiger partial charge in [-0.2, -0.15) is 4.31 Å². The van der Waals surface area contributed by atoms with Crippen LogP contribution in [-0.2, 0) is 21.4 Å². The van der Waals surface area contributed by atoms with Gasteiger partial charge in [0.1, 0.15) is 13.2 Å². The number of benzene rings is 2. The molecule has 0 aliphatic carbocycles. The van der Waals surface area contributed by atoms with E-state index in [1.165, 1.54) is 10.4 Å². The molecule has 0 saturated carbocycles. The van der Waals surface area contributed by atoms with Gasteiger partial charge in [0.05, 0.1) is 4.90 Å².